The van der Waals surface area contributed by atoms with Gasteiger partial charge in [0.25, 0.3) is 0 Å². The lowest BCUT2D eigenvalue weighted by Gasteiger charge is -2.35. The number of nitrogens with one attached hydrogen (secondary N) is 1. The Morgan fingerprint density at radius 2 is 2.04 bits per heavy atom. The fourth-order valence-electron chi connectivity index (χ4n) is 3.46. The third-order valence-corrected chi connectivity index (χ3v) is 6.79. The van der Waals surface area contributed by atoms with Crippen molar-refractivity contribution in [3.05, 3.63) is 23.3 Å². The van der Waals surface area contributed by atoms with Gasteiger partial charge >= 0.3 is 0 Å². The van der Waals surface area contributed by atoms with E-state index < -0.39 is 10.0 Å². The van der Waals surface area contributed by atoms with Crippen molar-refractivity contribution in [2.75, 3.05) is 26.7 Å². The highest BCUT2D eigenvalue weighted by molar-refractivity contribution is 7.89. The van der Waals surface area contributed by atoms with Crippen molar-refractivity contribution in [2.45, 2.75) is 50.5 Å². The Kier molecular flexibility index (Phi) is 9.01. The maximum atomic E-state index is 13.4. The number of piperidine rings is 1. The topological polar surface area (TPSA) is 102 Å². The largest absolute Gasteiger partial charge is 0.495 e. The molecule has 154 valence electrons. The second-order valence-electron chi connectivity index (χ2n) is 6.72. The van der Waals surface area contributed by atoms with Crippen LogP contribution in [0.2, 0.25) is 0 Å². The first-order valence-corrected chi connectivity index (χ1v) is 10.4. The summed E-state index contributed by atoms with van der Waals surface area (Å²) in [5.74, 6) is 0.207. The van der Waals surface area contributed by atoms with Crippen LogP contribution in [0.5, 0.6) is 5.75 Å². The van der Waals surface area contributed by atoms with Gasteiger partial charge in [-0.05, 0) is 43.9 Å². The third kappa shape index (κ3) is 5.57. The molecule has 0 bridgehead atoms. The van der Waals surface area contributed by atoms with Crippen LogP contribution in [0.1, 0.15) is 36.8 Å². The molecule has 0 aromatic heterocycles. The summed E-state index contributed by atoms with van der Waals surface area (Å²) in [6.45, 7) is 4.70. The number of benzene rings is 1. The van der Waals surface area contributed by atoms with Crippen LogP contribution < -0.4 is 15.8 Å². The van der Waals surface area contributed by atoms with Crippen LogP contribution >= 0.6 is 12.4 Å². The Labute approximate surface area is 168 Å². The zero-order chi connectivity index (χ0) is 19.3. The smallest absolute Gasteiger partial charge is 0.247 e. The summed E-state index contributed by atoms with van der Waals surface area (Å²) in [6, 6.07) is 3.32. The quantitative estimate of drug-likeness (QED) is 0.700. The molecule has 27 heavy (non-hydrogen) atoms. The van der Waals surface area contributed by atoms with Gasteiger partial charge in [-0.1, -0.05) is 12.5 Å². The minimum absolute atomic E-state index is 0. The van der Waals surface area contributed by atoms with E-state index in [1.165, 1.54) is 11.4 Å². The number of hydrogen-bond acceptors (Lipinski definition) is 5. The third-order valence-electron chi connectivity index (χ3n) is 4.65. The number of halogens is 1. The first-order chi connectivity index (χ1) is 12.3. The van der Waals surface area contributed by atoms with E-state index in [4.69, 9.17) is 10.5 Å². The molecule has 1 aromatic carbocycles. The Bertz CT molecular complexity index is 755. The van der Waals surface area contributed by atoms with E-state index in [9.17, 15) is 13.2 Å². The summed E-state index contributed by atoms with van der Waals surface area (Å²) >= 11 is 0. The van der Waals surface area contributed by atoms with Gasteiger partial charge in [0.2, 0.25) is 15.9 Å². The minimum atomic E-state index is -3.73. The summed E-state index contributed by atoms with van der Waals surface area (Å²) in [5.41, 5.74) is 7.00. The Hall–Kier alpha value is -1.35. The molecule has 1 fully saturated rings. The number of carbonyl (C=O) groups excluding carboxylic acids is 1. The van der Waals surface area contributed by atoms with E-state index >= 15 is 0 Å². The molecule has 1 aliphatic rings. The van der Waals surface area contributed by atoms with E-state index in [-0.39, 0.29) is 42.2 Å². The highest BCUT2D eigenvalue weighted by atomic mass is 35.5. The zero-order valence-corrected chi connectivity index (χ0v) is 17.8. The molecule has 1 saturated heterocycles. The molecule has 0 radical (unpaired) electrons. The van der Waals surface area contributed by atoms with Crippen LogP contribution in [-0.4, -0.2) is 51.4 Å². The normalized spacial score (nSPS) is 17.9. The number of sulfonamides is 1. The average Bonchev–Trinajstić information content (AvgIpc) is 2.59. The van der Waals surface area contributed by atoms with Gasteiger partial charge in [-0.25, -0.2) is 8.42 Å². The molecule has 2 rings (SSSR count). The zero-order valence-electron chi connectivity index (χ0n) is 16.2. The molecule has 1 aliphatic heterocycles. The molecule has 9 heteroatoms. The van der Waals surface area contributed by atoms with Crippen LogP contribution in [0.3, 0.4) is 0 Å². The average molecular weight is 420 g/mol. The molecular weight excluding hydrogens is 390 g/mol. The van der Waals surface area contributed by atoms with Crippen molar-refractivity contribution in [1.29, 1.82) is 0 Å². The Morgan fingerprint density at radius 3 is 2.67 bits per heavy atom. The number of ether oxygens (including phenoxy) is 1. The summed E-state index contributed by atoms with van der Waals surface area (Å²) in [7, 11) is -2.25. The van der Waals surface area contributed by atoms with Gasteiger partial charge in [-0.3, -0.25) is 4.79 Å². The molecule has 1 atom stereocenters. The molecule has 1 amide bonds. The predicted octanol–water partition coefficient (Wildman–Crippen LogP) is 1.74. The van der Waals surface area contributed by atoms with Crippen molar-refractivity contribution < 1.29 is 17.9 Å². The fraction of sp³-hybridized carbons (Fsp3) is 0.611. The van der Waals surface area contributed by atoms with E-state index in [0.29, 0.717) is 24.4 Å². The fourth-order valence-corrected chi connectivity index (χ4v) is 5.50. The Balaban J connectivity index is 0.00000364. The molecule has 1 heterocycles. The van der Waals surface area contributed by atoms with Gasteiger partial charge < -0.3 is 15.8 Å². The number of nitrogens with two attached hydrogens (primary N) is 1. The van der Waals surface area contributed by atoms with Crippen LogP contribution in [-0.2, 0) is 14.8 Å². The number of carbonyl (C=O) groups is 1. The lowest BCUT2D eigenvalue weighted by molar-refractivity contribution is -0.121. The van der Waals surface area contributed by atoms with Gasteiger partial charge in [0.1, 0.15) is 10.6 Å². The number of amides is 1. The summed E-state index contributed by atoms with van der Waals surface area (Å²) in [4.78, 5) is 11.9. The lowest BCUT2D eigenvalue weighted by atomic mass is 10.1. The number of rotatable bonds is 7. The highest BCUT2D eigenvalue weighted by Gasteiger charge is 2.36. The molecule has 0 saturated carbocycles. The first kappa shape index (κ1) is 23.7. The maximum Gasteiger partial charge on any atom is 0.247 e. The molecule has 1 unspecified atom stereocenters. The van der Waals surface area contributed by atoms with E-state index in [1.54, 1.807) is 13.0 Å². The van der Waals surface area contributed by atoms with E-state index in [1.807, 2.05) is 13.0 Å². The number of methoxy groups -OCH3 is 1. The summed E-state index contributed by atoms with van der Waals surface area (Å²) < 4.78 is 33.7. The van der Waals surface area contributed by atoms with Crippen molar-refractivity contribution in [2.24, 2.45) is 5.73 Å². The molecular formula is C18H30ClN3O4S. The van der Waals surface area contributed by atoms with Crippen LogP contribution in [0.4, 0.5) is 0 Å². The predicted molar refractivity (Wildman–Crippen MR) is 108 cm³/mol. The summed E-state index contributed by atoms with van der Waals surface area (Å²) in [6.07, 6.45) is 2.70. The van der Waals surface area contributed by atoms with Gasteiger partial charge in [-0.15, -0.1) is 12.4 Å². The van der Waals surface area contributed by atoms with Crippen LogP contribution in [0.25, 0.3) is 0 Å². The van der Waals surface area contributed by atoms with Gasteiger partial charge in [0.15, 0.2) is 0 Å². The minimum Gasteiger partial charge on any atom is -0.495 e. The van der Waals surface area contributed by atoms with Gasteiger partial charge in [-0.2, -0.15) is 4.31 Å². The molecule has 1 aromatic rings. The van der Waals surface area contributed by atoms with E-state index in [2.05, 4.69) is 5.32 Å². The second kappa shape index (κ2) is 10.3. The summed E-state index contributed by atoms with van der Waals surface area (Å²) in [5, 5.41) is 2.80. The molecule has 7 nitrogen and oxygen atoms in total. The monoisotopic (exact) mass is 419 g/mol. The SMILES string of the molecule is COc1cc(C)cc(C)c1S(=O)(=O)N1CCCCC1CNC(=O)CCN.Cl. The van der Waals surface area contributed by atoms with Gasteiger partial charge in [0, 0.05) is 32.1 Å². The standard InChI is InChI=1S/C18H29N3O4S.ClH/c1-13-10-14(2)18(16(11-13)25-3)26(23,24)21-9-5-4-6-15(21)12-20-17(22)7-8-19;/h10-11,15H,4-9,12,19H2,1-3H3,(H,20,22);1H. The highest BCUT2D eigenvalue weighted by Crippen LogP contribution is 2.34. The lowest BCUT2D eigenvalue weighted by Crippen LogP contribution is -2.49. The van der Waals surface area contributed by atoms with Crippen LogP contribution in [0, 0.1) is 13.8 Å². The van der Waals surface area contributed by atoms with E-state index in [0.717, 1.165) is 24.8 Å². The molecule has 0 spiro atoms. The van der Waals surface area contributed by atoms with Gasteiger partial charge in [0.05, 0.1) is 7.11 Å². The maximum absolute atomic E-state index is 13.4. The molecule has 3 N–H and O–H groups in total. The van der Waals surface area contributed by atoms with Crippen molar-refractivity contribution in [3.8, 4) is 5.75 Å². The molecule has 0 aliphatic carbocycles. The van der Waals surface area contributed by atoms with Crippen molar-refractivity contribution >= 4 is 28.3 Å². The number of nitrogens with zero attached hydrogens (tertiary/aromatic N) is 1. The second-order valence-corrected chi connectivity index (χ2v) is 8.55. The first-order valence-electron chi connectivity index (χ1n) is 8.95. The van der Waals surface area contributed by atoms with Crippen LogP contribution in [0.15, 0.2) is 17.0 Å². The number of hydrogen-bond donors (Lipinski definition) is 2. The Morgan fingerprint density at radius 1 is 1.33 bits per heavy atom. The van der Waals surface area contributed by atoms with Crippen molar-refractivity contribution in [3.63, 3.8) is 0 Å². The number of aryl methyl sites for hydroxylation is 2. The van der Waals surface area contributed by atoms with Crippen molar-refractivity contribution in [1.82, 2.24) is 9.62 Å².